The number of benzene rings is 1. The summed E-state index contributed by atoms with van der Waals surface area (Å²) in [6.07, 6.45) is 7.60. The van der Waals surface area contributed by atoms with Crippen LogP contribution in [0.5, 0.6) is 0 Å². The first-order chi connectivity index (χ1) is 11.7. The van der Waals surface area contributed by atoms with Crippen LogP contribution in [0.15, 0.2) is 24.3 Å². The Balaban J connectivity index is 0.00000169. The van der Waals surface area contributed by atoms with Gasteiger partial charge in [-0.15, -0.1) is 24.8 Å². The predicted octanol–water partition coefficient (Wildman–Crippen LogP) is 4.12. The zero-order valence-corrected chi connectivity index (χ0v) is 17.4. The normalized spacial score (nSPS) is 19.7. The van der Waals surface area contributed by atoms with Crippen LogP contribution in [-0.2, 0) is 4.79 Å². The summed E-state index contributed by atoms with van der Waals surface area (Å²) in [5.41, 5.74) is 2.07. The summed E-state index contributed by atoms with van der Waals surface area (Å²) in [5.74, 6) is 0.164. The van der Waals surface area contributed by atoms with Crippen molar-refractivity contribution in [3.8, 4) is 0 Å². The van der Waals surface area contributed by atoms with E-state index in [1.807, 2.05) is 18.2 Å². The predicted molar refractivity (Wildman–Crippen MR) is 114 cm³/mol. The third-order valence-electron chi connectivity index (χ3n) is 5.42. The molecule has 0 radical (unpaired) electrons. The zero-order valence-electron chi connectivity index (χ0n) is 15.8. The number of nitrogens with one attached hydrogen (secondary N) is 1. The van der Waals surface area contributed by atoms with Gasteiger partial charge in [-0.2, -0.15) is 0 Å². The molecule has 1 amide bonds. The van der Waals surface area contributed by atoms with Crippen LogP contribution in [0.2, 0.25) is 0 Å². The molecule has 1 N–H and O–H groups in total. The number of para-hydroxylation sites is 1. The van der Waals surface area contributed by atoms with E-state index < -0.39 is 0 Å². The standard InChI is InChI=1S/C20H31N3O.2ClH/c1-17-10-4-5-11-18(17)21-20(24)19(23-14-8-3-9-15-23)16-22-12-6-2-7-13-22;;/h4-5,10-11,19H,2-3,6-9,12-16H2,1H3,(H,21,24);2*1H. The first kappa shape index (κ1) is 23.2. The molecule has 1 aromatic rings. The number of hydrogen-bond acceptors (Lipinski definition) is 3. The second kappa shape index (κ2) is 11.8. The molecule has 2 aliphatic rings. The molecule has 6 heteroatoms. The number of likely N-dealkylation sites (tertiary alicyclic amines) is 2. The summed E-state index contributed by atoms with van der Waals surface area (Å²) in [7, 11) is 0. The number of rotatable bonds is 5. The maximum atomic E-state index is 13.1. The molecule has 3 rings (SSSR count). The fourth-order valence-electron chi connectivity index (χ4n) is 3.91. The molecule has 1 aromatic carbocycles. The summed E-state index contributed by atoms with van der Waals surface area (Å²) in [5, 5.41) is 3.19. The Hall–Kier alpha value is -0.810. The molecule has 0 aromatic heterocycles. The molecule has 26 heavy (non-hydrogen) atoms. The third-order valence-corrected chi connectivity index (χ3v) is 5.42. The van der Waals surface area contributed by atoms with E-state index in [1.54, 1.807) is 0 Å². The van der Waals surface area contributed by atoms with Crippen LogP contribution in [0, 0.1) is 6.92 Å². The molecule has 0 spiro atoms. The van der Waals surface area contributed by atoms with Crippen molar-refractivity contribution in [2.45, 2.75) is 51.5 Å². The first-order valence-corrected chi connectivity index (χ1v) is 9.57. The second-order valence-electron chi connectivity index (χ2n) is 7.28. The molecule has 2 saturated heterocycles. The number of halogens is 2. The lowest BCUT2D eigenvalue weighted by Crippen LogP contribution is -2.53. The Kier molecular flexibility index (Phi) is 10.6. The van der Waals surface area contributed by atoms with Crippen molar-refractivity contribution in [3.05, 3.63) is 29.8 Å². The monoisotopic (exact) mass is 401 g/mol. The van der Waals surface area contributed by atoms with Gasteiger partial charge in [0.1, 0.15) is 6.04 Å². The van der Waals surface area contributed by atoms with Gasteiger partial charge in [0.25, 0.3) is 0 Å². The highest BCUT2D eigenvalue weighted by molar-refractivity contribution is 5.95. The van der Waals surface area contributed by atoms with E-state index in [-0.39, 0.29) is 36.8 Å². The van der Waals surface area contributed by atoms with Gasteiger partial charge in [-0.25, -0.2) is 0 Å². The van der Waals surface area contributed by atoms with Gasteiger partial charge in [0.2, 0.25) is 5.91 Å². The molecule has 2 aliphatic heterocycles. The minimum Gasteiger partial charge on any atom is -0.324 e. The molecule has 0 aliphatic carbocycles. The van der Waals surface area contributed by atoms with E-state index in [2.05, 4.69) is 28.1 Å². The van der Waals surface area contributed by atoms with Crippen LogP contribution >= 0.6 is 24.8 Å². The van der Waals surface area contributed by atoms with Gasteiger partial charge in [0.15, 0.2) is 0 Å². The Labute approximate surface area is 170 Å². The minimum atomic E-state index is -0.0250. The average Bonchev–Trinajstić information content (AvgIpc) is 2.63. The van der Waals surface area contributed by atoms with Crippen molar-refractivity contribution in [1.82, 2.24) is 9.80 Å². The summed E-state index contributed by atoms with van der Waals surface area (Å²) in [6, 6.07) is 8.03. The minimum absolute atomic E-state index is 0. The first-order valence-electron chi connectivity index (χ1n) is 9.57. The number of nitrogens with zero attached hydrogens (tertiary/aromatic N) is 2. The Morgan fingerprint density at radius 1 is 0.962 bits per heavy atom. The van der Waals surface area contributed by atoms with E-state index in [9.17, 15) is 4.79 Å². The summed E-state index contributed by atoms with van der Waals surface area (Å²) in [4.78, 5) is 18.0. The highest BCUT2D eigenvalue weighted by Crippen LogP contribution is 2.19. The highest BCUT2D eigenvalue weighted by Gasteiger charge is 2.29. The smallest absolute Gasteiger partial charge is 0.243 e. The van der Waals surface area contributed by atoms with Gasteiger partial charge < -0.3 is 10.2 Å². The molecule has 0 saturated carbocycles. The molecule has 1 unspecified atom stereocenters. The molecule has 4 nitrogen and oxygen atoms in total. The van der Waals surface area contributed by atoms with Crippen molar-refractivity contribution in [1.29, 1.82) is 0 Å². The maximum absolute atomic E-state index is 13.1. The number of amides is 1. The van der Waals surface area contributed by atoms with Gasteiger partial charge >= 0.3 is 0 Å². The largest absolute Gasteiger partial charge is 0.324 e. The Bertz CT molecular complexity index is 544. The van der Waals surface area contributed by atoms with Crippen LogP contribution in [-0.4, -0.2) is 54.5 Å². The molecule has 0 bridgehead atoms. The molecular formula is C20H33Cl2N3O. The van der Waals surface area contributed by atoms with Crippen molar-refractivity contribution >= 4 is 36.4 Å². The van der Waals surface area contributed by atoms with Gasteiger partial charge in [-0.3, -0.25) is 9.69 Å². The Morgan fingerprint density at radius 3 is 2.15 bits per heavy atom. The van der Waals surface area contributed by atoms with Crippen molar-refractivity contribution in [2.24, 2.45) is 0 Å². The highest BCUT2D eigenvalue weighted by atomic mass is 35.5. The number of carbonyl (C=O) groups is 1. The number of hydrogen-bond donors (Lipinski definition) is 1. The topological polar surface area (TPSA) is 35.6 Å². The fraction of sp³-hybridized carbons (Fsp3) is 0.650. The van der Waals surface area contributed by atoms with Gasteiger partial charge in [-0.1, -0.05) is 31.0 Å². The summed E-state index contributed by atoms with van der Waals surface area (Å²) in [6.45, 7) is 7.32. The molecular weight excluding hydrogens is 369 g/mol. The number of anilines is 1. The SMILES string of the molecule is Cc1ccccc1NC(=O)C(CN1CCCCC1)N1CCCCC1.Cl.Cl. The fourth-order valence-corrected chi connectivity index (χ4v) is 3.91. The van der Waals surface area contributed by atoms with Gasteiger partial charge in [0, 0.05) is 12.2 Å². The summed E-state index contributed by atoms with van der Waals surface area (Å²) >= 11 is 0. The van der Waals surface area contributed by atoms with Gasteiger partial charge in [0.05, 0.1) is 0 Å². The summed E-state index contributed by atoms with van der Waals surface area (Å²) < 4.78 is 0. The molecule has 1 atom stereocenters. The van der Waals surface area contributed by atoms with Gasteiger partial charge in [-0.05, 0) is 70.4 Å². The second-order valence-corrected chi connectivity index (χ2v) is 7.28. The van der Waals surface area contributed by atoms with E-state index in [0.29, 0.717) is 0 Å². The zero-order chi connectivity index (χ0) is 16.8. The lowest BCUT2D eigenvalue weighted by molar-refractivity contribution is -0.122. The van der Waals surface area contributed by atoms with E-state index in [4.69, 9.17) is 0 Å². The quantitative estimate of drug-likeness (QED) is 0.805. The maximum Gasteiger partial charge on any atom is 0.243 e. The van der Waals surface area contributed by atoms with Crippen molar-refractivity contribution in [3.63, 3.8) is 0 Å². The third kappa shape index (κ3) is 6.41. The lowest BCUT2D eigenvalue weighted by Gasteiger charge is -2.37. The lowest BCUT2D eigenvalue weighted by atomic mass is 10.1. The van der Waals surface area contributed by atoms with Crippen LogP contribution in [0.25, 0.3) is 0 Å². The number of carbonyl (C=O) groups excluding carboxylic acids is 1. The Morgan fingerprint density at radius 2 is 1.54 bits per heavy atom. The van der Waals surface area contributed by atoms with Crippen molar-refractivity contribution in [2.75, 3.05) is 38.0 Å². The average molecular weight is 402 g/mol. The number of piperidine rings is 2. The van der Waals surface area contributed by atoms with Crippen LogP contribution in [0.3, 0.4) is 0 Å². The van der Waals surface area contributed by atoms with Crippen LogP contribution < -0.4 is 5.32 Å². The van der Waals surface area contributed by atoms with E-state index in [0.717, 1.165) is 44.0 Å². The van der Waals surface area contributed by atoms with E-state index in [1.165, 1.54) is 38.5 Å². The molecule has 2 heterocycles. The number of aryl methyl sites for hydroxylation is 1. The molecule has 148 valence electrons. The van der Waals surface area contributed by atoms with Crippen molar-refractivity contribution < 1.29 is 4.79 Å². The molecule has 2 fully saturated rings. The van der Waals surface area contributed by atoms with Crippen LogP contribution in [0.4, 0.5) is 5.69 Å². The van der Waals surface area contributed by atoms with Crippen LogP contribution in [0.1, 0.15) is 44.1 Å². The van der Waals surface area contributed by atoms with E-state index >= 15 is 0 Å².